The summed E-state index contributed by atoms with van der Waals surface area (Å²) < 4.78 is 5.96. The lowest BCUT2D eigenvalue weighted by molar-refractivity contribution is 0.306. The van der Waals surface area contributed by atoms with E-state index in [0.717, 1.165) is 11.3 Å². The van der Waals surface area contributed by atoms with Crippen molar-refractivity contribution in [2.45, 2.75) is 13.5 Å². The highest BCUT2D eigenvalue weighted by Crippen LogP contribution is 2.31. The van der Waals surface area contributed by atoms with Gasteiger partial charge in [0.2, 0.25) is 0 Å². The number of fused-ring (bicyclic) bond motifs is 1. The first-order valence-electron chi connectivity index (χ1n) is 8.16. The minimum Gasteiger partial charge on any atom is -0.489 e. The first kappa shape index (κ1) is 14.6. The Morgan fingerprint density at radius 2 is 1.54 bits per heavy atom. The number of aromatic nitrogens is 1. The number of ether oxygens (including phenoxy) is 1. The number of H-pyrrole nitrogens is 1. The molecular weight excluding hydrogens is 294 g/mol. The van der Waals surface area contributed by atoms with Crippen LogP contribution < -0.4 is 4.74 Å². The molecule has 0 bridgehead atoms. The van der Waals surface area contributed by atoms with Crippen LogP contribution in [0.15, 0.2) is 78.9 Å². The van der Waals surface area contributed by atoms with Gasteiger partial charge in [-0.05, 0) is 41.8 Å². The molecule has 0 spiro atoms. The van der Waals surface area contributed by atoms with Crippen molar-refractivity contribution in [2.75, 3.05) is 0 Å². The van der Waals surface area contributed by atoms with Crippen LogP contribution in [0, 0.1) is 6.92 Å². The summed E-state index contributed by atoms with van der Waals surface area (Å²) in [5.41, 5.74) is 5.94. The first-order chi connectivity index (χ1) is 11.8. The Kier molecular flexibility index (Phi) is 3.80. The lowest BCUT2D eigenvalue weighted by atomic mass is 10.1. The molecule has 3 aromatic carbocycles. The third kappa shape index (κ3) is 2.79. The molecule has 4 rings (SSSR count). The number of benzene rings is 3. The van der Waals surface area contributed by atoms with Gasteiger partial charge in [-0.15, -0.1) is 0 Å². The molecule has 1 aromatic heterocycles. The fraction of sp³-hybridized carbons (Fsp3) is 0.0909. The molecule has 4 aromatic rings. The molecule has 0 atom stereocenters. The summed E-state index contributed by atoms with van der Waals surface area (Å²) in [7, 11) is 0. The van der Waals surface area contributed by atoms with Crippen molar-refractivity contribution < 1.29 is 4.74 Å². The Morgan fingerprint density at radius 1 is 0.833 bits per heavy atom. The van der Waals surface area contributed by atoms with E-state index in [-0.39, 0.29) is 0 Å². The Labute approximate surface area is 141 Å². The van der Waals surface area contributed by atoms with E-state index in [1.807, 2.05) is 30.3 Å². The molecule has 0 fully saturated rings. The largest absolute Gasteiger partial charge is 0.489 e. The second-order valence-corrected chi connectivity index (χ2v) is 5.97. The SMILES string of the molecule is Cc1c(-c2ccccc2)[nH]c2ccc(OCc3ccccc3)cc12. The molecule has 0 saturated heterocycles. The van der Waals surface area contributed by atoms with E-state index >= 15 is 0 Å². The lowest BCUT2D eigenvalue weighted by Crippen LogP contribution is -1.94. The molecule has 0 amide bonds. The molecule has 118 valence electrons. The zero-order valence-corrected chi connectivity index (χ0v) is 13.6. The third-order valence-electron chi connectivity index (χ3n) is 4.34. The van der Waals surface area contributed by atoms with Crippen LogP contribution in [0.2, 0.25) is 0 Å². The van der Waals surface area contributed by atoms with Gasteiger partial charge in [-0.3, -0.25) is 0 Å². The molecule has 0 aliphatic rings. The van der Waals surface area contributed by atoms with Crippen LogP contribution in [0.4, 0.5) is 0 Å². The maximum atomic E-state index is 5.96. The van der Waals surface area contributed by atoms with Crippen molar-refractivity contribution in [3.05, 3.63) is 90.0 Å². The zero-order valence-electron chi connectivity index (χ0n) is 13.6. The average Bonchev–Trinajstić information content (AvgIpc) is 2.98. The van der Waals surface area contributed by atoms with Crippen LogP contribution in [-0.4, -0.2) is 4.98 Å². The van der Waals surface area contributed by atoms with Gasteiger partial charge in [-0.25, -0.2) is 0 Å². The van der Waals surface area contributed by atoms with Crippen LogP contribution in [0.5, 0.6) is 5.75 Å². The predicted octanol–water partition coefficient (Wildman–Crippen LogP) is 5.72. The highest BCUT2D eigenvalue weighted by molar-refractivity contribution is 5.91. The van der Waals surface area contributed by atoms with Gasteiger partial charge in [-0.2, -0.15) is 0 Å². The summed E-state index contributed by atoms with van der Waals surface area (Å²) in [6.07, 6.45) is 0. The number of aryl methyl sites for hydroxylation is 1. The summed E-state index contributed by atoms with van der Waals surface area (Å²) in [5.74, 6) is 0.896. The van der Waals surface area contributed by atoms with Crippen LogP contribution in [0.25, 0.3) is 22.2 Å². The van der Waals surface area contributed by atoms with Crippen molar-refractivity contribution >= 4 is 10.9 Å². The molecule has 0 saturated carbocycles. The minimum absolute atomic E-state index is 0.585. The highest BCUT2D eigenvalue weighted by atomic mass is 16.5. The summed E-state index contributed by atoms with van der Waals surface area (Å²) in [6.45, 7) is 2.74. The van der Waals surface area contributed by atoms with Crippen LogP contribution in [-0.2, 0) is 6.61 Å². The van der Waals surface area contributed by atoms with Crippen molar-refractivity contribution in [3.8, 4) is 17.0 Å². The number of rotatable bonds is 4. The van der Waals surface area contributed by atoms with Crippen LogP contribution >= 0.6 is 0 Å². The number of aromatic amines is 1. The normalized spacial score (nSPS) is 10.9. The maximum Gasteiger partial charge on any atom is 0.120 e. The second-order valence-electron chi connectivity index (χ2n) is 5.97. The van der Waals surface area contributed by atoms with Gasteiger partial charge >= 0.3 is 0 Å². The quantitative estimate of drug-likeness (QED) is 0.512. The Morgan fingerprint density at radius 3 is 2.29 bits per heavy atom. The highest BCUT2D eigenvalue weighted by Gasteiger charge is 2.10. The molecule has 1 N–H and O–H groups in total. The van der Waals surface area contributed by atoms with E-state index in [9.17, 15) is 0 Å². The topological polar surface area (TPSA) is 25.0 Å². The van der Waals surface area contributed by atoms with Gasteiger partial charge in [0.15, 0.2) is 0 Å². The van der Waals surface area contributed by atoms with Crippen molar-refractivity contribution in [1.82, 2.24) is 4.98 Å². The molecule has 0 unspecified atom stereocenters. The molecular formula is C22H19NO. The van der Waals surface area contributed by atoms with Gasteiger partial charge in [0, 0.05) is 16.6 Å². The van der Waals surface area contributed by atoms with E-state index in [2.05, 4.69) is 60.4 Å². The molecule has 0 radical (unpaired) electrons. The second kappa shape index (κ2) is 6.25. The van der Waals surface area contributed by atoms with Gasteiger partial charge < -0.3 is 9.72 Å². The van der Waals surface area contributed by atoms with Gasteiger partial charge in [-0.1, -0.05) is 60.7 Å². The van der Waals surface area contributed by atoms with Crippen LogP contribution in [0.3, 0.4) is 0 Å². The average molecular weight is 313 g/mol. The molecule has 24 heavy (non-hydrogen) atoms. The first-order valence-corrected chi connectivity index (χ1v) is 8.16. The standard InChI is InChI=1S/C22H19NO/c1-16-20-14-19(24-15-17-8-4-2-5-9-17)12-13-21(20)23-22(16)18-10-6-3-7-11-18/h2-14,23H,15H2,1H3. The van der Waals surface area contributed by atoms with E-state index in [1.165, 1.54) is 27.8 Å². The molecule has 2 nitrogen and oxygen atoms in total. The van der Waals surface area contributed by atoms with E-state index in [1.54, 1.807) is 0 Å². The number of nitrogens with one attached hydrogen (secondary N) is 1. The lowest BCUT2D eigenvalue weighted by Gasteiger charge is -2.06. The fourth-order valence-electron chi connectivity index (χ4n) is 3.03. The van der Waals surface area contributed by atoms with Gasteiger partial charge in [0.05, 0.1) is 0 Å². The third-order valence-corrected chi connectivity index (χ3v) is 4.34. The Balaban J connectivity index is 1.64. The molecule has 1 heterocycles. The summed E-state index contributed by atoms with van der Waals surface area (Å²) >= 11 is 0. The molecule has 0 aliphatic carbocycles. The van der Waals surface area contributed by atoms with E-state index < -0.39 is 0 Å². The summed E-state index contributed by atoms with van der Waals surface area (Å²) in [6, 6.07) is 26.9. The number of hydrogen-bond donors (Lipinski definition) is 1. The summed E-state index contributed by atoms with van der Waals surface area (Å²) in [4.78, 5) is 3.53. The minimum atomic E-state index is 0.585. The Hall–Kier alpha value is -3.00. The summed E-state index contributed by atoms with van der Waals surface area (Å²) in [5, 5.41) is 1.21. The molecule has 2 heteroatoms. The van der Waals surface area contributed by atoms with E-state index in [4.69, 9.17) is 4.74 Å². The van der Waals surface area contributed by atoms with Crippen LogP contribution in [0.1, 0.15) is 11.1 Å². The van der Waals surface area contributed by atoms with Crippen molar-refractivity contribution in [3.63, 3.8) is 0 Å². The predicted molar refractivity (Wildman–Crippen MR) is 99.2 cm³/mol. The smallest absolute Gasteiger partial charge is 0.120 e. The van der Waals surface area contributed by atoms with Crippen molar-refractivity contribution in [1.29, 1.82) is 0 Å². The van der Waals surface area contributed by atoms with Gasteiger partial charge in [0.25, 0.3) is 0 Å². The number of hydrogen-bond acceptors (Lipinski definition) is 1. The van der Waals surface area contributed by atoms with E-state index in [0.29, 0.717) is 6.61 Å². The van der Waals surface area contributed by atoms with Crippen molar-refractivity contribution in [2.24, 2.45) is 0 Å². The fourth-order valence-corrected chi connectivity index (χ4v) is 3.03. The molecule has 0 aliphatic heterocycles. The van der Waals surface area contributed by atoms with Gasteiger partial charge in [0.1, 0.15) is 12.4 Å². The maximum absolute atomic E-state index is 5.96. The Bertz CT molecular complexity index is 955. The monoisotopic (exact) mass is 313 g/mol. The zero-order chi connectivity index (χ0) is 16.4.